The van der Waals surface area contributed by atoms with Crippen LogP contribution in [-0.4, -0.2) is 24.5 Å². The van der Waals surface area contributed by atoms with E-state index in [0.29, 0.717) is 9.90 Å². The Labute approximate surface area is 159 Å². The molecule has 4 rings (SSSR count). The van der Waals surface area contributed by atoms with E-state index in [1.807, 2.05) is 55.5 Å². The van der Waals surface area contributed by atoms with Crippen molar-refractivity contribution in [3.63, 3.8) is 0 Å². The number of hydrogen-bond donors (Lipinski definition) is 0. The van der Waals surface area contributed by atoms with Crippen molar-refractivity contribution in [2.75, 3.05) is 11.5 Å². The Morgan fingerprint density at radius 1 is 1.19 bits per heavy atom. The van der Waals surface area contributed by atoms with Crippen LogP contribution < -0.4 is 4.90 Å². The summed E-state index contributed by atoms with van der Waals surface area (Å²) in [6.07, 6.45) is 0.804. The molecule has 0 spiro atoms. The van der Waals surface area contributed by atoms with Gasteiger partial charge in [-0.1, -0.05) is 48.0 Å². The summed E-state index contributed by atoms with van der Waals surface area (Å²) < 4.78 is 6.19. The van der Waals surface area contributed by atoms with Crippen LogP contribution in [0.2, 0.25) is 5.02 Å². The van der Waals surface area contributed by atoms with Crippen LogP contribution in [0.15, 0.2) is 48.5 Å². The van der Waals surface area contributed by atoms with Crippen molar-refractivity contribution in [3.05, 3.63) is 64.0 Å². The largest absolute Gasteiger partial charge is 0.451 e. The number of carbonyl (C=O) groups excluding carboxylic acids is 2. The third-order valence-corrected chi connectivity index (χ3v) is 6.18. The molecule has 2 aromatic carbocycles. The Hall–Kier alpha value is -2.37. The molecule has 4 nitrogen and oxygen atoms in total. The van der Waals surface area contributed by atoms with Gasteiger partial charge < -0.3 is 9.64 Å². The van der Waals surface area contributed by atoms with Gasteiger partial charge in [0, 0.05) is 21.8 Å². The number of thiophene rings is 1. The molecular formula is C20H16ClNO3S. The lowest BCUT2D eigenvalue weighted by atomic mass is 10.1. The molecule has 0 aliphatic carbocycles. The molecule has 0 saturated heterocycles. The first-order chi connectivity index (χ1) is 12.6. The number of nitrogens with zero attached hydrogens (tertiary/aromatic N) is 1. The second-order valence-electron chi connectivity index (χ2n) is 6.26. The minimum absolute atomic E-state index is 0.0477. The molecule has 0 N–H and O–H groups in total. The Morgan fingerprint density at radius 3 is 2.73 bits per heavy atom. The zero-order valence-corrected chi connectivity index (χ0v) is 15.6. The molecule has 1 amide bonds. The summed E-state index contributed by atoms with van der Waals surface area (Å²) in [5.74, 6) is -0.794. The number of anilines is 1. The minimum Gasteiger partial charge on any atom is -0.451 e. The molecule has 1 atom stereocenters. The van der Waals surface area contributed by atoms with Gasteiger partial charge in [0.05, 0.1) is 5.02 Å². The van der Waals surface area contributed by atoms with Crippen LogP contribution in [0.3, 0.4) is 0 Å². The molecule has 0 saturated carbocycles. The first-order valence-corrected chi connectivity index (χ1v) is 9.50. The number of halogens is 1. The lowest BCUT2D eigenvalue weighted by Gasteiger charge is -2.22. The minimum atomic E-state index is -0.565. The summed E-state index contributed by atoms with van der Waals surface area (Å²) in [5.41, 5.74) is 2.02. The number of carbonyl (C=O) groups is 2. The van der Waals surface area contributed by atoms with Gasteiger partial charge in [-0.05, 0) is 31.0 Å². The number of benzene rings is 2. The average Bonchev–Trinajstić information content (AvgIpc) is 3.16. The van der Waals surface area contributed by atoms with Gasteiger partial charge in [-0.25, -0.2) is 4.79 Å². The number of fused-ring (bicyclic) bond motifs is 2. The average molecular weight is 386 g/mol. The van der Waals surface area contributed by atoms with E-state index in [1.54, 1.807) is 4.90 Å². The lowest BCUT2D eigenvalue weighted by Crippen LogP contribution is -2.38. The molecule has 1 aliphatic heterocycles. The van der Waals surface area contributed by atoms with E-state index in [0.717, 1.165) is 27.8 Å². The zero-order chi connectivity index (χ0) is 18.3. The monoisotopic (exact) mass is 385 g/mol. The van der Waals surface area contributed by atoms with Gasteiger partial charge in [-0.2, -0.15) is 0 Å². The van der Waals surface area contributed by atoms with Crippen LogP contribution >= 0.6 is 22.9 Å². The molecule has 6 heteroatoms. The molecule has 2 heterocycles. The smallest absolute Gasteiger partial charge is 0.350 e. The second kappa shape index (κ2) is 6.74. The van der Waals surface area contributed by atoms with Crippen molar-refractivity contribution in [1.29, 1.82) is 0 Å². The highest BCUT2D eigenvalue weighted by Crippen LogP contribution is 2.36. The number of ether oxygens (including phenoxy) is 1. The van der Waals surface area contributed by atoms with E-state index in [9.17, 15) is 9.59 Å². The van der Waals surface area contributed by atoms with E-state index in [4.69, 9.17) is 16.3 Å². The first kappa shape index (κ1) is 17.1. The SMILES string of the molecule is CC1Cc2ccccc2N1C(=O)COC(=O)c1sc2ccccc2c1Cl. The molecule has 3 aromatic rings. The summed E-state index contributed by atoms with van der Waals surface area (Å²) in [4.78, 5) is 27.1. The normalized spacial score (nSPS) is 15.9. The molecule has 132 valence electrons. The molecule has 0 radical (unpaired) electrons. The van der Waals surface area contributed by atoms with Crippen LogP contribution in [-0.2, 0) is 16.0 Å². The molecule has 1 aliphatic rings. The van der Waals surface area contributed by atoms with Gasteiger partial charge in [0.25, 0.3) is 5.91 Å². The second-order valence-corrected chi connectivity index (χ2v) is 7.69. The summed E-state index contributed by atoms with van der Waals surface area (Å²) >= 11 is 7.57. The fourth-order valence-corrected chi connectivity index (χ4v) is 4.76. The van der Waals surface area contributed by atoms with Crippen LogP contribution in [0.4, 0.5) is 5.69 Å². The van der Waals surface area contributed by atoms with Crippen molar-refractivity contribution in [3.8, 4) is 0 Å². The van der Waals surface area contributed by atoms with E-state index >= 15 is 0 Å². The van der Waals surface area contributed by atoms with Crippen molar-refractivity contribution >= 4 is 50.6 Å². The van der Waals surface area contributed by atoms with Crippen LogP contribution in [0, 0.1) is 0 Å². The Bertz CT molecular complexity index is 1010. The van der Waals surface area contributed by atoms with E-state index in [-0.39, 0.29) is 18.6 Å². The Kier molecular flexibility index (Phi) is 4.42. The van der Waals surface area contributed by atoms with Gasteiger partial charge in [-0.3, -0.25) is 4.79 Å². The predicted octanol–water partition coefficient (Wildman–Crippen LogP) is 4.69. The van der Waals surface area contributed by atoms with Crippen molar-refractivity contribution < 1.29 is 14.3 Å². The van der Waals surface area contributed by atoms with E-state index < -0.39 is 5.97 Å². The van der Waals surface area contributed by atoms with Crippen molar-refractivity contribution in [1.82, 2.24) is 0 Å². The summed E-state index contributed by atoms with van der Waals surface area (Å²) in [6.45, 7) is 1.69. The summed E-state index contributed by atoms with van der Waals surface area (Å²) in [5, 5.41) is 1.20. The maximum Gasteiger partial charge on any atom is 0.350 e. The third kappa shape index (κ3) is 2.87. The van der Waals surface area contributed by atoms with Gasteiger partial charge in [0.2, 0.25) is 0 Å². The van der Waals surface area contributed by atoms with Crippen LogP contribution in [0.1, 0.15) is 22.2 Å². The summed E-state index contributed by atoms with van der Waals surface area (Å²) in [6, 6.07) is 15.4. The first-order valence-electron chi connectivity index (χ1n) is 8.30. The zero-order valence-electron chi connectivity index (χ0n) is 14.1. The van der Waals surface area contributed by atoms with Crippen molar-refractivity contribution in [2.45, 2.75) is 19.4 Å². The topological polar surface area (TPSA) is 46.6 Å². The number of esters is 1. The third-order valence-electron chi connectivity index (χ3n) is 4.52. The Balaban J connectivity index is 1.49. The van der Waals surface area contributed by atoms with Crippen LogP contribution in [0.25, 0.3) is 10.1 Å². The maximum absolute atomic E-state index is 12.6. The quantitative estimate of drug-likeness (QED) is 0.614. The van der Waals surface area contributed by atoms with Gasteiger partial charge in [0.1, 0.15) is 4.88 Å². The number of hydrogen-bond acceptors (Lipinski definition) is 4. The number of amides is 1. The number of para-hydroxylation sites is 1. The fourth-order valence-electron chi connectivity index (χ4n) is 3.35. The van der Waals surface area contributed by atoms with Gasteiger partial charge >= 0.3 is 5.97 Å². The van der Waals surface area contributed by atoms with Crippen molar-refractivity contribution in [2.24, 2.45) is 0 Å². The highest BCUT2D eigenvalue weighted by molar-refractivity contribution is 7.21. The lowest BCUT2D eigenvalue weighted by molar-refractivity contribution is -0.122. The molecule has 1 unspecified atom stereocenters. The number of rotatable bonds is 3. The van der Waals surface area contributed by atoms with E-state index in [2.05, 4.69) is 0 Å². The molecule has 1 aromatic heterocycles. The van der Waals surface area contributed by atoms with E-state index in [1.165, 1.54) is 11.3 Å². The maximum atomic E-state index is 12.6. The highest BCUT2D eigenvalue weighted by atomic mass is 35.5. The Morgan fingerprint density at radius 2 is 1.92 bits per heavy atom. The predicted molar refractivity (Wildman–Crippen MR) is 104 cm³/mol. The fraction of sp³-hybridized carbons (Fsp3) is 0.200. The summed E-state index contributed by atoms with van der Waals surface area (Å²) in [7, 11) is 0. The van der Waals surface area contributed by atoms with Gasteiger partial charge in [-0.15, -0.1) is 11.3 Å². The standard InChI is InChI=1S/C20H16ClNO3S/c1-12-10-13-6-2-4-8-15(13)22(12)17(23)11-25-20(24)19-18(21)14-7-3-5-9-16(14)26-19/h2-9,12H,10-11H2,1H3. The van der Waals surface area contributed by atoms with Crippen LogP contribution in [0.5, 0.6) is 0 Å². The highest BCUT2D eigenvalue weighted by Gasteiger charge is 2.31. The van der Waals surface area contributed by atoms with Gasteiger partial charge in [0.15, 0.2) is 6.61 Å². The molecule has 0 bridgehead atoms. The molecular weight excluding hydrogens is 370 g/mol. The molecule has 0 fully saturated rings. The molecule has 26 heavy (non-hydrogen) atoms.